The zero-order chi connectivity index (χ0) is 22.3. The Morgan fingerprint density at radius 1 is 1.29 bits per heavy atom. The lowest BCUT2D eigenvalue weighted by Crippen LogP contribution is -2.48. The molecule has 1 saturated carbocycles. The first-order chi connectivity index (χ1) is 14.6. The second-order valence-electron chi connectivity index (χ2n) is 9.00. The van der Waals surface area contributed by atoms with E-state index in [1.807, 2.05) is 4.90 Å². The van der Waals surface area contributed by atoms with Crippen LogP contribution in [0.25, 0.3) is 0 Å². The Morgan fingerprint density at radius 3 is 2.68 bits per heavy atom. The lowest BCUT2D eigenvalue weighted by molar-refractivity contribution is -0.139. The van der Waals surface area contributed by atoms with Crippen LogP contribution in [0.5, 0.6) is 0 Å². The Kier molecular flexibility index (Phi) is 5.85. The van der Waals surface area contributed by atoms with Gasteiger partial charge < -0.3 is 15.0 Å². The molecule has 1 N–H and O–H groups in total. The predicted octanol–water partition coefficient (Wildman–Crippen LogP) is 4.17. The second-order valence-corrected chi connectivity index (χ2v) is 9.00. The number of aryl methyl sites for hydroxylation is 1. The van der Waals surface area contributed by atoms with Crippen molar-refractivity contribution in [2.45, 2.75) is 44.9 Å². The number of benzene rings is 1. The van der Waals surface area contributed by atoms with Crippen LogP contribution in [-0.2, 0) is 20.5 Å². The minimum atomic E-state index is -4.41. The Hall–Kier alpha value is -2.35. The topological polar surface area (TPSA) is 58.6 Å². The summed E-state index contributed by atoms with van der Waals surface area (Å²) in [5.41, 5.74) is 1.12. The van der Waals surface area contributed by atoms with Crippen LogP contribution < -0.4 is 5.32 Å². The number of anilines is 1. The van der Waals surface area contributed by atoms with Crippen LogP contribution in [0.15, 0.2) is 30.4 Å². The summed E-state index contributed by atoms with van der Waals surface area (Å²) in [4.78, 5) is 27.1. The van der Waals surface area contributed by atoms with E-state index in [0.717, 1.165) is 37.0 Å². The van der Waals surface area contributed by atoms with Gasteiger partial charge in [-0.3, -0.25) is 9.59 Å². The zero-order valence-electron chi connectivity index (χ0n) is 17.5. The molecule has 3 atom stereocenters. The molecule has 2 saturated heterocycles. The minimum absolute atomic E-state index is 0.0694. The number of carbonyl (C=O) groups is 2. The number of ether oxygens (including phenoxy) is 1. The molecule has 1 aromatic rings. The normalized spacial score (nSPS) is 26.4. The van der Waals surface area contributed by atoms with Crippen LogP contribution >= 0.6 is 0 Å². The average molecular weight is 436 g/mol. The molecule has 5 nitrogen and oxygen atoms in total. The predicted molar refractivity (Wildman–Crippen MR) is 109 cm³/mol. The molecule has 0 unspecified atom stereocenters. The maximum atomic E-state index is 12.8. The Labute approximate surface area is 179 Å². The number of likely N-dealkylation sites (tertiary alicyclic amines) is 1. The van der Waals surface area contributed by atoms with Crippen molar-refractivity contribution >= 4 is 17.5 Å². The number of hydrogen-bond donors (Lipinski definition) is 1. The summed E-state index contributed by atoms with van der Waals surface area (Å²) >= 11 is 0. The van der Waals surface area contributed by atoms with E-state index in [1.165, 1.54) is 13.0 Å². The van der Waals surface area contributed by atoms with Gasteiger partial charge in [0.1, 0.15) is 0 Å². The SMILES string of the molecule is C=C1CC(C(=O)N2CC[C@H]3[C@@H](CO[C@H]3CC(=O)Nc3ccc(C(F)(F)F)cc3C)C2)C1. The number of carbonyl (C=O) groups excluding carboxylic acids is 2. The van der Waals surface area contributed by atoms with E-state index in [2.05, 4.69) is 11.9 Å². The van der Waals surface area contributed by atoms with Crippen molar-refractivity contribution in [2.24, 2.45) is 17.8 Å². The highest BCUT2D eigenvalue weighted by Crippen LogP contribution is 2.39. The number of rotatable bonds is 4. The molecule has 0 radical (unpaired) electrons. The Balaban J connectivity index is 1.30. The lowest BCUT2D eigenvalue weighted by Gasteiger charge is -2.39. The van der Waals surface area contributed by atoms with Gasteiger partial charge in [0, 0.05) is 30.6 Å². The number of hydrogen-bond acceptors (Lipinski definition) is 3. The van der Waals surface area contributed by atoms with Gasteiger partial charge in [0.05, 0.1) is 24.7 Å². The summed E-state index contributed by atoms with van der Waals surface area (Å²) < 4.78 is 44.3. The largest absolute Gasteiger partial charge is 0.416 e. The van der Waals surface area contributed by atoms with Crippen molar-refractivity contribution in [2.75, 3.05) is 25.0 Å². The molecule has 3 aliphatic rings. The molecule has 0 aromatic heterocycles. The molecule has 4 rings (SSSR count). The molecule has 0 bridgehead atoms. The number of amides is 2. The second kappa shape index (κ2) is 8.30. The van der Waals surface area contributed by atoms with E-state index in [4.69, 9.17) is 4.74 Å². The van der Waals surface area contributed by atoms with Crippen LogP contribution in [-0.4, -0.2) is 42.5 Å². The number of piperidine rings is 1. The van der Waals surface area contributed by atoms with Gasteiger partial charge in [0.25, 0.3) is 0 Å². The molecule has 1 aliphatic carbocycles. The van der Waals surface area contributed by atoms with Crippen LogP contribution in [0.2, 0.25) is 0 Å². The van der Waals surface area contributed by atoms with E-state index in [1.54, 1.807) is 0 Å². The van der Waals surface area contributed by atoms with E-state index in [9.17, 15) is 22.8 Å². The molecule has 31 heavy (non-hydrogen) atoms. The summed E-state index contributed by atoms with van der Waals surface area (Å²) in [6.45, 7) is 7.28. The van der Waals surface area contributed by atoms with Gasteiger partial charge in [-0.2, -0.15) is 13.2 Å². The third-order valence-electron chi connectivity index (χ3n) is 6.74. The maximum Gasteiger partial charge on any atom is 0.416 e. The summed E-state index contributed by atoms with van der Waals surface area (Å²) in [5, 5.41) is 2.71. The molecule has 2 heterocycles. The highest BCUT2D eigenvalue weighted by atomic mass is 19.4. The van der Waals surface area contributed by atoms with Gasteiger partial charge in [-0.05, 0) is 55.9 Å². The van der Waals surface area contributed by atoms with Crippen LogP contribution in [0.1, 0.15) is 36.8 Å². The maximum absolute atomic E-state index is 12.8. The fourth-order valence-corrected chi connectivity index (χ4v) is 4.93. The molecule has 8 heteroatoms. The summed E-state index contributed by atoms with van der Waals surface area (Å²) in [6, 6.07) is 3.28. The van der Waals surface area contributed by atoms with E-state index < -0.39 is 11.7 Å². The van der Waals surface area contributed by atoms with Crippen molar-refractivity contribution in [3.63, 3.8) is 0 Å². The number of nitrogens with zero attached hydrogens (tertiary/aromatic N) is 1. The fraction of sp³-hybridized carbons (Fsp3) is 0.565. The van der Waals surface area contributed by atoms with Gasteiger partial charge in [-0.25, -0.2) is 0 Å². The summed E-state index contributed by atoms with van der Waals surface area (Å²) in [7, 11) is 0. The lowest BCUT2D eigenvalue weighted by atomic mass is 9.78. The standard InChI is InChI=1S/C23H27F3N2O3/c1-13-7-15(8-13)22(30)28-6-5-18-16(11-28)12-31-20(18)10-21(29)27-19-4-3-17(9-14(19)2)23(24,25)26/h3-4,9,15-16,18,20H,1,5-8,10-12H2,2H3,(H,27,29)/t16-,18+,20+/m1/s1. The fourth-order valence-electron chi connectivity index (χ4n) is 4.93. The third kappa shape index (κ3) is 4.63. The zero-order valence-corrected chi connectivity index (χ0v) is 17.5. The minimum Gasteiger partial charge on any atom is -0.377 e. The van der Waals surface area contributed by atoms with Gasteiger partial charge in [0.15, 0.2) is 0 Å². The van der Waals surface area contributed by atoms with Crippen molar-refractivity contribution in [1.82, 2.24) is 4.90 Å². The van der Waals surface area contributed by atoms with Crippen molar-refractivity contribution in [1.29, 1.82) is 0 Å². The number of halogens is 3. The molecule has 1 aromatic carbocycles. The molecule has 3 fully saturated rings. The number of nitrogens with one attached hydrogen (secondary N) is 1. The third-order valence-corrected chi connectivity index (χ3v) is 6.74. The van der Waals surface area contributed by atoms with Crippen molar-refractivity contribution in [3.05, 3.63) is 41.5 Å². The Bertz CT molecular complexity index is 891. The first kappa shape index (κ1) is 21.9. The van der Waals surface area contributed by atoms with Crippen LogP contribution in [0.4, 0.5) is 18.9 Å². The van der Waals surface area contributed by atoms with Crippen LogP contribution in [0, 0.1) is 24.7 Å². The van der Waals surface area contributed by atoms with E-state index in [0.29, 0.717) is 30.9 Å². The summed E-state index contributed by atoms with van der Waals surface area (Å²) in [5.74, 6) is 0.413. The van der Waals surface area contributed by atoms with Gasteiger partial charge in [0.2, 0.25) is 11.8 Å². The van der Waals surface area contributed by atoms with Crippen molar-refractivity contribution in [3.8, 4) is 0 Å². The molecular formula is C23H27F3N2O3. The van der Waals surface area contributed by atoms with Gasteiger partial charge in [-0.1, -0.05) is 12.2 Å². The van der Waals surface area contributed by atoms with E-state index >= 15 is 0 Å². The average Bonchev–Trinajstić information content (AvgIpc) is 3.07. The first-order valence-electron chi connectivity index (χ1n) is 10.7. The van der Waals surface area contributed by atoms with Gasteiger partial charge >= 0.3 is 6.18 Å². The monoisotopic (exact) mass is 436 g/mol. The number of fused-ring (bicyclic) bond motifs is 1. The van der Waals surface area contributed by atoms with E-state index in [-0.39, 0.29) is 42.1 Å². The quantitative estimate of drug-likeness (QED) is 0.721. The van der Waals surface area contributed by atoms with Crippen molar-refractivity contribution < 1.29 is 27.5 Å². The van der Waals surface area contributed by atoms with Crippen LogP contribution in [0.3, 0.4) is 0 Å². The smallest absolute Gasteiger partial charge is 0.377 e. The highest BCUT2D eigenvalue weighted by molar-refractivity contribution is 5.91. The Morgan fingerprint density at radius 2 is 2.03 bits per heavy atom. The first-order valence-corrected chi connectivity index (χ1v) is 10.7. The highest BCUT2D eigenvalue weighted by Gasteiger charge is 2.44. The molecule has 2 amide bonds. The molecule has 2 aliphatic heterocycles. The number of allylic oxidation sites excluding steroid dienone is 1. The molecular weight excluding hydrogens is 409 g/mol. The molecule has 168 valence electrons. The van der Waals surface area contributed by atoms with Gasteiger partial charge in [-0.15, -0.1) is 0 Å². The number of alkyl halides is 3. The molecule has 0 spiro atoms. The summed E-state index contributed by atoms with van der Waals surface area (Å²) in [6.07, 6.45) is -2.14.